The van der Waals surface area contributed by atoms with Gasteiger partial charge in [0.15, 0.2) is 16.9 Å². The zero-order valence-corrected chi connectivity index (χ0v) is 21.9. The van der Waals surface area contributed by atoms with Gasteiger partial charge >= 0.3 is 0 Å². The average molecular weight is 494 g/mol. The Balaban J connectivity index is 1.80. The van der Waals surface area contributed by atoms with E-state index < -0.39 is 6.04 Å². The Hall–Kier alpha value is -3.32. The molecule has 0 fully saturated rings. The molecule has 1 aliphatic rings. The molecule has 2 aromatic carbocycles. The number of carbonyl (C=O) groups excluding carboxylic acids is 1. The number of benzene rings is 2. The van der Waals surface area contributed by atoms with E-state index in [1.54, 1.807) is 18.1 Å². The fourth-order valence-electron chi connectivity index (χ4n) is 4.50. The molecule has 7 nitrogen and oxygen atoms in total. The van der Waals surface area contributed by atoms with Crippen molar-refractivity contribution in [3.05, 3.63) is 69.1 Å². The maximum absolute atomic E-state index is 13.7. The Labute approximate surface area is 212 Å². The summed E-state index contributed by atoms with van der Waals surface area (Å²) in [5.74, 6) is 1.35. The van der Waals surface area contributed by atoms with Crippen LogP contribution in [-0.2, 0) is 4.74 Å². The van der Waals surface area contributed by atoms with Gasteiger partial charge in [-0.2, -0.15) is 0 Å². The van der Waals surface area contributed by atoms with Crippen LogP contribution in [-0.4, -0.2) is 43.8 Å². The second kappa shape index (κ2) is 10.7. The maximum atomic E-state index is 13.7. The normalized spacial score (nSPS) is 15.3. The van der Waals surface area contributed by atoms with Gasteiger partial charge in [-0.3, -0.25) is 9.59 Å². The Morgan fingerprint density at radius 2 is 1.81 bits per heavy atom. The van der Waals surface area contributed by atoms with Gasteiger partial charge < -0.3 is 23.5 Å². The van der Waals surface area contributed by atoms with Crippen LogP contribution >= 0.6 is 0 Å². The SMILES string of the molecule is COc1cc([C@@H]2c3c(oc4ccc(C)cc4c3=O)C(=O)N2CCCOC(C)C)ccc1OCC(C)C. The molecular formula is C29H35NO6. The third-order valence-electron chi connectivity index (χ3n) is 6.19. The van der Waals surface area contributed by atoms with Crippen molar-refractivity contribution in [2.24, 2.45) is 5.92 Å². The van der Waals surface area contributed by atoms with Crippen molar-refractivity contribution in [3.63, 3.8) is 0 Å². The molecule has 2 heterocycles. The molecule has 1 atom stereocenters. The van der Waals surface area contributed by atoms with Crippen LogP contribution in [0.2, 0.25) is 0 Å². The quantitative estimate of drug-likeness (QED) is 0.347. The molecular weight excluding hydrogens is 458 g/mol. The summed E-state index contributed by atoms with van der Waals surface area (Å²) in [6.07, 6.45) is 0.736. The highest BCUT2D eigenvalue weighted by Crippen LogP contribution is 2.41. The van der Waals surface area contributed by atoms with E-state index in [0.717, 1.165) is 11.1 Å². The molecule has 1 amide bonds. The lowest BCUT2D eigenvalue weighted by Crippen LogP contribution is -2.31. The van der Waals surface area contributed by atoms with Crippen molar-refractivity contribution in [1.82, 2.24) is 4.90 Å². The van der Waals surface area contributed by atoms with Crippen LogP contribution in [0.25, 0.3) is 11.0 Å². The summed E-state index contributed by atoms with van der Waals surface area (Å²) in [6.45, 7) is 11.5. The number of fused-ring (bicyclic) bond motifs is 2. The van der Waals surface area contributed by atoms with E-state index in [2.05, 4.69) is 13.8 Å². The van der Waals surface area contributed by atoms with Crippen LogP contribution in [0, 0.1) is 12.8 Å². The van der Waals surface area contributed by atoms with Crippen molar-refractivity contribution in [3.8, 4) is 11.5 Å². The molecule has 3 aromatic rings. The lowest BCUT2D eigenvalue weighted by Gasteiger charge is -2.26. The zero-order chi connectivity index (χ0) is 26.0. The minimum atomic E-state index is -0.597. The summed E-state index contributed by atoms with van der Waals surface area (Å²) in [5.41, 5.74) is 2.30. The number of hydrogen-bond donors (Lipinski definition) is 0. The minimum Gasteiger partial charge on any atom is -0.493 e. The van der Waals surface area contributed by atoms with Crippen molar-refractivity contribution >= 4 is 16.9 Å². The molecule has 0 aliphatic carbocycles. The molecule has 1 aromatic heterocycles. The summed E-state index contributed by atoms with van der Waals surface area (Å²) in [6, 6.07) is 10.4. The molecule has 0 bridgehead atoms. The van der Waals surface area contributed by atoms with Gasteiger partial charge in [-0.15, -0.1) is 0 Å². The predicted molar refractivity (Wildman–Crippen MR) is 139 cm³/mol. The van der Waals surface area contributed by atoms with Gasteiger partial charge in [0.25, 0.3) is 5.91 Å². The van der Waals surface area contributed by atoms with Gasteiger partial charge in [-0.05, 0) is 62.9 Å². The first-order chi connectivity index (χ1) is 17.2. The summed E-state index contributed by atoms with van der Waals surface area (Å²) in [5, 5.41) is 0.473. The first kappa shape index (κ1) is 25.8. The highest BCUT2D eigenvalue weighted by molar-refractivity contribution is 5.99. The lowest BCUT2D eigenvalue weighted by atomic mass is 9.97. The maximum Gasteiger partial charge on any atom is 0.290 e. The van der Waals surface area contributed by atoms with Crippen molar-refractivity contribution in [2.45, 2.75) is 53.2 Å². The second-order valence-corrected chi connectivity index (χ2v) is 9.96. The molecule has 4 rings (SSSR count). The molecule has 0 radical (unpaired) electrons. The molecule has 0 spiro atoms. The van der Waals surface area contributed by atoms with Gasteiger partial charge in [0.05, 0.1) is 36.8 Å². The van der Waals surface area contributed by atoms with Crippen LogP contribution in [0.1, 0.15) is 67.4 Å². The largest absolute Gasteiger partial charge is 0.493 e. The van der Waals surface area contributed by atoms with E-state index in [9.17, 15) is 9.59 Å². The molecule has 7 heteroatoms. The highest BCUT2D eigenvalue weighted by atomic mass is 16.5. The smallest absolute Gasteiger partial charge is 0.290 e. The van der Waals surface area contributed by atoms with Gasteiger partial charge in [-0.25, -0.2) is 0 Å². The van der Waals surface area contributed by atoms with Crippen molar-refractivity contribution in [1.29, 1.82) is 0 Å². The molecule has 0 saturated carbocycles. The minimum absolute atomic E-state index is 0.102. The van der Waals surface area contributed by atoms with E-state index >= 15 is 0 Å². The van der Waals surface area contributed by atoms with E-state index in [1.165, 1.54) is 0 Å². The fraction of sp³-hybridized carbons (Fsp3) is 0.448. The molecule has 1 aliphatic heterocycles. The van der Waals surface area contributed by atoms with E-state index in [4.69, 9.17) is 18.6 Å². The van der Waals surface area contributed by atoms with Gasteiger partial charge in [0.1, 0.15) is 5.58 Å². The Kier molecular flexibility index (Phi) is 7.69. The van der Waals surface area contributed by atoms with E-state index in [-0.39, 0.29) is 23.2 Å². The second-order valence-electron chi connectivity index (χ2n) is 9.96. The topological polar surface area (TPSA) is 78.2 Å². The monoisotopic (exact) mass is 493 g/mol. The van der Waals surface area contributed by atoms with E-state index in [1.807, 2.05) is 51.1 Å². The van der Waals surface area contributed by atoms with Gasteiger partial charge in [-0.1, -0.05) is 31.5 Å². The predicted octanol–water partition coefficient (Wildman–Crippen LogP) is 5.51. The number of methoxy groups -OCH3 is 1. The highest BCUT2D eigenvalue weighted by Gasteiger charge is 2.42. The van der Waals surface area contributed by atoms with Crippen LogP contribution in [0.15, 0.2) is 45.6 Å². The average Bonchev–Trinajstić information content (AvgIpc) is 3.12. The van der Waals surface area contributed by atoms with Crippen LogP contribution in [0.4, 0.5) is 0 Å². The fourth-order valence-corrected chi connectivity index (χ4v) is 4.50. The standard InChI is InChI=1S/C29H35NO6/c1-17(2)16-35-23-11-9-20(15-24(23)33-6)26-25-27(31)21-14-19(5)8-10-22(21)36-28(25)29(32)30(26)12-7-13-34-18(3)4/h8-11,14-15,17-18,26H,7,12-13,16H2,1-6H3/t26-/m1/s1. The van der Waals surface area contributed by atoms with Crippen molar-refractivity contribution < 1.29 is 23.4 Å². The first-order valence-electron chi connectivity index (χ1n) is 12.5. The van der Waals surface area contributed by atoms with Gasteiger partial charge in [0.2, 0.25) is 5.76 Å². The number of hydrogen-bond acceptors (Lipinski definition) is 6. The summed E-state index contributed by atoms with van der Waals surface area (Å²) in [7, 11) is 1.58. The Morgan fingerprint density at radius 1 is 1.03 bits per heavy atom. The van der Waals surface area contributed by atoms with Crippen LogP contribution in [0.3, 0.4) is 0 Å². The molecule has 0 unspecified atom stereocenters. The van der Waals surface area contributed by atoms with Gasteiger partial charge in [0, 0.05) is 13.2 Å². The molecule has 192 valence electrons. The third kappa shape index (κ3) is 5.12. The lowest BCUT2D eigenvalue weighted by molar-refractivity contribution is 0.0593. The van der Waals surface area contributed by atoms with Crippen molar-refractivity contribution in [2.75, 3.05) is 26.9 Å². The van der Waals surface area contributed by atoms with Crippen LogP contribution in [0.5, 0.6) is 11.5 Å². The number of amides is 1. The third-order valence-corrected chi connectivity index (χ3v) is 6.19. The van der Waals surface area contributed by atoms with E-state index in [0.29, 0.717) is 60.1 Å². The summed E-state index contributed by atoms with van der Waals surface area (Å²) < 4.78 is 23.3. The number of ether oxygens (including phenoxy) is 3. The zero-order valence-electron chi connectivity index (χ0n) is 21.9. The molecule has 0 saturated heterocycles. The molecule has 0 N–H and O–H groups in total. The van der Waals surface area contributed by atoms with Crippen LogP contribution < -0.4 is 14.9 Å². The Bertz CT molecular complexity index is 1310. The number of rotatable bonds is 10. The number of nitrogens with zero attached hydrogens (tertiary/aromatic N) is 1. The number of carbonyl (C=O) groups is 1. The first-order valence-corrected chi connectivity index (χ1v) is 12.5. The number of aryl methyl sites for hydroxylation is 1. The summed E-state index contributed by atoms with van der Waals surface area (Å²) >= 11 is 0. The molecule has 36 heavy (non-hydrogen) atoms. The Morgan fingerprint density at radius 3 is 2.50 bits per heavy atom. The summed E-state index contributed by atoms with van der Waals surface area (Å²) in [4.78, 5) is 29.0.